The molecule has 0 aliphatic carbocycles. The van der Waals surface area contributed by atoms with Crippen molar-refractivity contribution >= 4 is 5.91 Å². The van der Waals surface area contributed by atoms with Gasteiger partial charge in [-0.2, -0.15) is 0 Å². The number of ether oxygens (including phenoxy) is 1. The van der Waals surface area contributed by atoms with Crippen molar-refractivity contribution in [2.75, 3.05) is 39.5 Å². The maximum Gasteiger partial charge on any atom is 0.239 e. The van der Waals surface area contributed by atoms with Crippen molar-refractivity contribution in [3.05, 3.63) is 0 Å². The van der Waals surface area contributed by atoms with E-state index in [9.17, 15) is 4.79 Å². The fraction of sp³-hybridized carbons (Fsp3) is 0.909. The van der Waals surface area contributed by atoms with E-state index >= 15 is 0 Å². The van der Waals surface area contributed by atoms with Gasteiger partial charge in [0.1, 0.15) is 0 Å². The monoisotopic (exact) mass is 232 g/mol. The Kier molecular flexibility index (Phi) is 9.18. The third-order valence-electron chi connectivity index (χ3n) is 2.38. The summed E-state index contributed by atoms with van der Waals surface area (Å²) < 4.78 is 5.09. The maximum absolute atomic E-state index is 11.8. The van der Waals surface area contributed by atoms with Gasteiger partial charge in [0.2, 0.25) is 5.91 Å². The highest BCUT2D eigenvalue weighted by molar-refractivity contribution is 5.81. The lowest BCUT2D eigenvalue weighted by Gasteiger charge is -2.23. The molecule has 0 heterocycles. The van der Waals surface area contributed by atoms with E-state index in [0.29, 0.717) is 19.8 Å². The molecule has 0 aromatic carbocycles. The lowest BCUT2D eigenvalue weighted by Crippen LogP contribution is -2.45. The predicted molar refractivity (Wildman–Crippen MR) is 63.3 cm³/mol. The summed E-state index contributed by atoms with van der Waals surface area (Å²) in [6, 6.07) is -0.183. The number of nitrogens with zero attached hydrogens (tertiary/aromatic N) is 1. The van der Waals surface area contributed by atoms with Gasteiger partial charge in [-0.1, -0.05) is 0 Å². The first-order valence-electron chi connectivity index (χ1n) is 5.88. The number of hydrogen-bond acceptors (Lipinski definition) is 4. The molecule has 0 aliphatic heterocycles. The van der Waals surface area contributed by atoms with Crippen LogP contribution in [-0.4, -0.2) is 61.4 Å². The third kappa shape index (κ3) is 6.05. The largest absolute Gasteiger partial charge is 0.394 e. The van der Waals surface area contributed by atoms with E-state index in [2.05, 4.69) is 5.32 Å². The molecule has 0 aromatic heterocycles. The van der Waals surface area contributed by atoms with Crippen molar-refractivity contribution in [1.29, 1.82) is 0 Å². The van der Waals surface area contributed by atoms with Crippen LogP contribution in [-0.2, 0) is 9.53 Å². The van der Waals surface area contributed by atoms with Crippen LogP contribution in [0.2, 0.25) is 0 Å². The van der Waals surface area contributed by atoms with Gasteiger partial charge in [-0.05, 0) is 20.8 Å². The zero-order chi connectivity index (χ0) is 12.4. The molecule has 5 nitrogen and oxygen atoms in total. The van der Waals surface area contributed by atoms with Crippen LogP contribution >= 0.6 is 0 Å². The van der Waals surface area contributed by atoms with Crippen LogP contribution in [0.5, 0.6) is 0 Å². The summed E-state index contributed by atoms with van der Waals surface area (Å²) in [5.41, 5.74) is 0. The Morgan fingerprint density at radius 3 is 2.50 bits per heavy atom. The molecule has 1 amide bonds. The van der Waals surface area contributed by atoms with E-state index in [1.165, 1.54) is 0 Å². The lowest BCUT2D eigenvalue weighted by molar-refractivity contribution is -0.132. The second-order valence-electron chi connectivity index (χ2n) is 3.52. The minimum absolute atomic E-state index is 0.0356. The smallest absolute Gasteiger partial charge is 0.239 e. The Labute approximate surface area is 97.8 Å². The Bertz CT molecular complexity index is 184. The second kappa shape index (κ2) is 9.57. The Balaban J connectivity index is 3.70. The van der Waals surface area contributed by atoms with Gasteiger partial charge in [0.05, 0.1) is 25.9 Å². The number of aliphatic hydroxyl groups excluding tert-OH is 1. The molecule has 0 saturated carbocycles. The summed E-state index contributed by atoms with van der Waals surface area (Å²) >= 11 is 0. The molecule has 0 fully saturated rings. The van der Waals surface area contributed by atoms with Crippen LogP contribution < -0.4 is 5.32 Å². The molecule has 1 unspecified atom stereocenters. The highest BCUT2D eigenvalue weighted by Gasteiger charge is 2.16. The van der Waals surface area contributed by atoms with Crippen molar-refractivity contribution in [2.24, 2.45) is 0 Å². The fourth-order valence-corrected chi connectivity index (χ4v) is 1.41. The Morgan fingerprint density at radius 2 is 2.00 bits per heavy atom. The second-order valence-corrected chi connectivity index (χ2v) is 3.52. The van der Waals surface area contributed by atoms with Crippen molar-refractivity contribution in [2.45, 2.75) is 26.8 Å². The first-order valence-corrected chi connectivity index (χ1v) is 5.88. The zero-order valence-electron chi connectivity index (χ0n) is 10.5. The van der Waals surface area contributed by atoms with E-state index in [1.54, 1.807) is 4.90 Å². The average Bonchev–Trinajstić information content (AvgIpc) is 2.30. The molecule has 16 heavy (non-hydrogen) atoms. The zero-order valence-corrected chi connectivity index (χ0v) is 10.5. The average molecular weight is 232 g/mol. The number of nitrogens with one attached hydrogen (secondary N) is 1. The van der Waals surface area contributed by atoms with Crippen LogP contribution in [0.1, 0.15) is 20.8 Å². The number of amides is 1. The number of rotatable bonds is 9. The van der Waals surface area contributed by atoms with E-state index in [0.717, 1.165) is 13.1 Å². The van der Waals surface area contributed by atoms with Gasteiger partial charge in [0.25, 0.3) is 0 Å². The number of hydrogen-bond donors (Lipinski definition) is 2. The molecule has 0 aliphatic rings. The number of carbonyl (C=O) groups is 1. The molecule has 5 heteroatoms. The van der Waals surface area contributed by atoms with Gasteiger partial charge in [-0.3, -0.25) is 4.79 Å². The molecule has 2 N–H and O–H groups in total. The standard InChI is InChI=1S/C11H24N2O3/c1-4-13(5-2)11(15)10(3)12-6-8-16-9-7-14/h10,12,14H,4-9H2,1-3H3. The topological polar surface area (TPSA) is 61.8 Å². The van der Waals surface area contributed by atoms with Crippen molar-refractivity contribution < 1.29 is 14.6 Å². The van der Waals surface area contributed by atoms with Gasteiger partial charge >= 0.3 is 0 Å². The van der Waals surface area contributed by atoms with Crippen molar-refractivity contribution in [3.63, 3.8) is 0 Å². The van der Waals surface area contributed by atoms with E-state index in [4.69, 9.17) is 9.84 Å². The summed E-state index contributed by atoms with van der Waals surface area (Å²) in [6.07, 6.45) is 0. The van der Waals surface area contributed by atoms with Crippen LogP contribution in [0.25, 0.3) is 0 Å². The normalized spacial score (nSPS) is 12.5. The summed E-state index contributed by atoms with van der Waals surface area (Å²) in [6.45, 7) is 8.78. The maximum atomic E-state index is 11.8. The van der Waals surface area contributed by atoms with Gasteiger partial charge in [0, 0.05) is 19.6 Å². The lowest BCUT2D eigenvalue weighted by atomic mass is 10.3. The first kappa shape index (κ1) is 15.3. The quantitative estimate of drug-likeness (QED) is 0.542. The van der Waals surface area contributed by atoms with Crippen molar-refractivity contribution in [1.82, 2.24) is 10.2 Å². The summed E-state index contributed by atoms with van der Waals surface area (Å²) in [5.74, 6) is 0.118. The van der Waals surface area contributed by atoms with Gasteiger partial charge in [-0.25, -0.2) is 0 Å². The van der Waals surface area contributed by atoms with Gasteiger partial charge in [0.15, 0.2) is 0 Å². The Morgan fingerprint density at radius 1 is 1.38 bits per heavy atom. The summed E-state index contributed by atoms with van der Waals surface area (Å²) in [4.78, 5) is 13.6. The molecule has 1 atom stereocenters. The SMILES string of the molecule is CCN(CC)C(=O)C(C)NCCOCCO. The number of carbonyl (C=O) groups excluding carboxylic acids is 1. The summed E-state index contributed by atoms with van der Waals surface area (Å²) in [5, 5.41) is 11.6. The highest BCUT2D eigenvalue weighted by atomic mass is 16.5. The van der Waals surface area contributed by atoms with Crippen LogP contribution in [0.3, 0.4) is 0 Å². The van der Waals surface area contributed by atoms with Crippen molar-refractivity contribution in [3.8, 4) is 0 Å². The first-order chi connectivity index (χ1) is 7.67. The molecular formula is C11H24N2O3. The molecule has 96 valence electrons. The number of likely N-dealkylation sites (N-methyl/N-ethyl adjacent to an activating group) is 1. The molecule has 0 rings (SSSR count). The predicted octanol–water partition coefficient (Wildman–Crippen LogP) is -0.158. The fourth-order valence-electron chi connectivity index (χ4n) is 1.41. The highest BCUT2D eigenvalue weighted by Crippen LogP contribution is 1.94. The summed E-state index contributed by atoms with van der Waals surface area (Å²) in [7, 11) is 0. The van der Waals surface area contributed by atoms with Gasteiger partial charge in [-0.15, -0.1) is 0 Å². The minimum Gasteiger partial charge on any atom is -0.394 e. The van der Waals surface area contributed by atoms with E-state index in [1.807, 2.05) is 20.8 Å². The third-order valence-corrected chi connectivity index (χ3v) is 2.38. The number of aliphatic hydroxyl groups is 1. The molecular weight excluding hydrogens is 208 g/mol. The molecule has 0 radical (unpaired) electrons. The molecule has 0 saturated heterocycles. The van der Waals surface area contributed by atoms with Crippen LogP contribution in [0, 0.1) is 0 Å². The Hall–Kier alpha value is -0.650. The van der Waals surface area contributed by atoms with E-state index in [-0.39, 0.29) is 18.6 Å². The molecule has 0 aromatic rings. The van der Waals surface area contributed by atoms with E-state index < -0.39 is 0 Å². The minimum atomic E-state index is -0.183. The molecule has 0 spiro atoms. The van der Waals surface area contributed by atoms with Crippen LogP contribution in [0.4, 0.5) is 0 Å². The van der Waals surface area contributed by atoms with Crippen LogP contribution in [0.15, 0.2) is 0 Å². The van der Waals surface area contributed by atoms with Gasteiger partial charge < -0.3 is 20.1 Å². The molecule has 0 bridgehead atoms.